The number of benzene rings is 2. The number of aryl methyl sites for hydroxylation is 1. The maximum absolute atomic E-state index is 12.8. The highest BCUT2D eigenvalue weighted by Crippen LogP contribution is 2.24. The van der Waals surface area contributed by atoms with Crippen molar-refractivity contribution in [1.29, 1.82) is 0 Å². The number of hydrogen-bond acceptors (Lipinski definition) is 3. The Morgan fingerprint density at radius 3 is 2.15 bits per heavy atom. The molecule has 0 spiro atoms. The molecule has 0 bridgehead atoms. The van der Waals surface area contributed by atoms with E-state index in [1.54, 1.807) is 28.0 Å². The molecule has 2 aliphatic heterocycles. The minimum Gasteiger partial charge on any atom is -0.335 e. The summed E-state index contributed by atoms with van der Waals surface area (Å²) in [6.07, 6.45) is 0.315. The van der Waals surface area contributed by atoms with Crippen LogP contribution in [-0.2, 0) is 11.2 Å². The van der Waals surface area contributed by atoms with Gasteiger partial charge in [0.15, 0.2) is 0 Å². The van der Waals surface area contributed by atoms with E-state index >= 15 is 0 Å². The molecule has 0 aliphatic carbocycles. The summed E-state index contributed by atoms with van der Waals surface area (Å²) in [7, 11) is 0. The van der Waals surface area contributed by atoms with E-state index in [9.17, 15) is 14.4 Å². The van der Waals surface area contributed by atoms with Crippen molar-refractivity contribution in [2.24, 2.45) is 0 Å². The van der Waals surface area contributed by atoms with E-state index < -0.39 is 0 Å². The van der Waals surface area contributed by atoms with Crippen molar-refractivity contribution in [3.63, 3.8) is 0 Å². The Hall–Kier alpha value is -3.15. The van der Waals surface area contributed by atoms with Gasteiger partial charge in [-0.2, -0.15) is 0 Å². The quantitative estimate of drug-likeness (QED) is 0.888. The van der Waals surface area contributed by atoms with E-state index in [0.717, 1.165) is 16.8 Å². The van der Waals surface area contributed by atoms with Gasteiger partial charge in [0.2, 0.25) is 5.91 Å². The summed E-state index contributed by atoms with van der Waals surface area (Å²) in [4.78, 5) is 40.5. The van der Waals surface area contributed by atoms with Crippen molar-refractivity contribution in [1.82, 2.24) is 9.80 Å². The fraction of sp³-hybridized carbons (Fsp3) is 0.286. The molecule has 0 aromatic heterocycles. The zero-order valence-corrected chi connectivity index (χ0v) is 15.2. The Bertz CT molecular complexity index is 930. The largest absolute Gasteiger partial charge is 0.335 e. The Kier molecular flexibility index (Phi) is 4.39. The maximum atomic E-state index is 12.8. The molecule has 0 radical (unpaired) electrons. The van der Waals surface area contributed by atoms with Crippen LogP contribution in [0.3, 0.4) is 0 Å². The highest BCUT2D eigenvalue weighted by atomic mass is 16.2. The first-order chi connectivity index (χ1) is 13.0. The van der Waals surface area contributed by atoms with Crippen LogP contribution in [0.5, 0.6) is 0 Å². The van der Waals surface area contributed by atoms with Gasteiger partial charge < -0.3 is 15.1 Å². The van der Waals surface area contributed by atoms with Gasteiger partial charge in [0.05, 0.1) is 6.42 Å². The summed E-state index contributed by atoms with van der Waals surface area (Å²) in [6, 6.07) is 12.9. The van der Waals surface area contributed by atoms with Crippen molar-refractivity contribution in [2.75, 3.05) is 31.5 Å². The second-order valence-corrected chi connectivity index (χ2v) is 7.05. The summed E-state index contributed by atoms with van der Waals surface area (Å²) in [6.45, 7) is 4.01. The molecule has 138 valence electrons. The second kappa shape index (κ2) is 6.87. The lowest BCUT2D eigenvalue weighted by Crippen LogP contribution is -2.50. The van der Waals surface area contributed by atoms with Gasteiger partial charge in [-0.05, 0) is 42.8 Å². The molecule has 0 atom stereocenters. The van der Waals surface area contributed by atoms with Crippen molar-refractivity contribution in [3.8, 4) is 0 Å². The molecule has 2 aliphatic rings. The molecule has 1 N–H and O–H groups in total. The molecule has 1 fully saturated rings. The number of piperazine rings is 1. The Balaban J connectivity index is 1.40. The zero-order chi connectivity index (χ0) is 19.0. The molecule has 2 heterocycles. The number of rotatable bonds is 2. The molecule has 3 amide bonds. The molecule has 2 aromatic carbocycles. The van der Waals surface area contributed by atoms with Gasteiger partial charge >= 0.3 is 0 Å². The first-order valence-corrected chi connectivity index (χ1v) is 9.09. The van der Waals surface area contributed by atoms with Gasteiger partial charge in [-0.3, -0.25) is 14.4 Å². The zero-order valence-electron chi connectivity index (χ0n) is 15.2. The van der Waals surface area contributed by atoms with Crippen LogP contribution in [0.25, 0.3) is 0 Å². The topological polar surface area (TPSA) is 69.7 Å². The minimum atomic E-state index is -0.0557. The fourth-order valence-electron chi connectivity index (χ4n) is 3.62. The molecular weight excluding hydrogens is 342 g/mol. The van der Waals surface area contributed by atoms with Crippen molar-refractivity contribution in [2.45, 2.75) is 13.3 Å². The molecule has 1 saturated heterocycles. The average Bonchev–Trinajstić information content (AvgIpc) is 3.06. The lowest BCUT2D eigenvalue weighted by atomic mass is 10.1. The number of nitrogens with one attached hydrogen (secondary N) is 1. The maximum Gasteiger partial charge on any atom is 0.253 e. The van der Waals surface area contributed by atoms with E-state index in [-0.39, 0.29) is 17.7 Å². The smallest absolute Gasteiger partial charge is 0.253 e. The summed E-state index contributed by atoms with van der Waals surface area (Å²) in [5, 5.41) is 2.77. The predicted octanol–water partition coefficient (Wildman–Crippen LogP) is 2.09. The molecule has 0 unspecified atom stereocenters. The van der Waals surface area contributed by atoms with E-state index in [1.807, 2.05) is 31.2 Å². The molecule has 0 saturated carbocycles. The van der Waals surface area contributed by atoms with Crippen molar-refractivity contribution < 1.29 is 14.4 Å². The summed E-state index contributed by atoms with van der Waals surface area (Å²) in [5.74, 6) is -0.0920. The van der Waals surface area contributed by atoms with Crippen LogP contribution in [0, 0.1) is 6.92 Å². The van der Waals surface area contributed by atoms with Gasteiger partial charge in [-0.15, -0.1) is 0 Å². The first kappa shape index (κ1) is 17.3. The Morgan fingerprint density at radius 2 is 1.52 bits per heavy atom. The van der Waals surface area contributed by atoms with Gasteiger partial charge in [0.1, 0.15) is 0 Å². The average molecular weight is 363 g/mol. The van der Waals surface area contributed by atoms with E-state index in [0.29, 0.717) is 43.7 Å². The van der Waals surface area contributed by atoms with Gasteiger partial charge in [-0.25, -0.2) is 0 Å². The Labute approximate surface area is 157 Å². The standard InChI is InChI=1S/C21H21N3O3/c1-14-3-2-4-15(11-14)20(26)23-7-9-24(10-8-23)21(27)16-5-6-18-17(12-16)13-19(25)22-18/h2-6,11-12H,7-10,13H2,1H3,(H,22,25). The second-order valence-electron chi connectivity index (χ2n) is 7.05. The lowest BCUT2D eigenvalue weighted by molar-refractivity contribution is -0.115. The number of hydrogen-bond donors (Lipinski definition) is 1. The van der Waals surface area contributed by atoms with Crippen LogP contribution < -0.4 is 5.32 Å². The summed E-state index contributed by atoms with van der Waals surface area (Å²) >= 11 is 0. The van der Waals surface area contributed by atoms with Crippen molar-refractivity contribution in [3.05, 3.63) is 64.7 Å². The van der Waals surface area contributed by atoms with Gasteiger partial charge in [0, 0.05) is 43.0 Å². The number of nitrogens with zero attached hydrogens (tertiary/aromatic N) is 2. The normalized spacial score (nSPS) is 16.1. The number of anilines is 1. The van der Waals surface area contributed by atoms with E-state index in [2.05, 4.69) is 5.32 Å². The lowest BCUT2D eigenvalue weighted by Gasteiger charge is -2.35. The number of carbonyl (C=O) groups is 3. The van der Waals surface area contributed by atoms with Gasteiger partial charge in [0.25, 0.3) is 11.8 Å². The monoisotopic (exact) mass is 363 g/mol. The van der Waals surface area contributed by atoms with Gasteiger partial charge in [-0.1, -0.05) is 17.7 Å². The predicted molar refractivity (Wildman–Crippen MR) is 102 cm³/mol. The van der Waals surface area contributed by atoms with Crippen LogP contribution in [0.1, 0.15) is 31.8 Å². The summed E-state index contributed by atoms with van der Waals surface area (Å²) < 4.78 is 0. The highest BCUT2D eigenvalue weighted by Gasteiger charge is 2.26. The third kappa shape index (κ3) is 3.43. The molecule has 2 aromatic rings. The van der Waals surface area contributed by atoms with Crippen LogP contribution >= 0.6 is 0 Å². The molecular formula is C21H21N3O3. The fourth-order valence-corrected chi connectivity index (χ4v) is 3.62. The summed E-state index contributed by atoms with van der Waals surface area (Å²) in [5.41, 5.74) is 3.97. The highest BCUT2D eigenvalue weighted by molar-refractivity contribution is 6.01. The molecule has 6 nitrogen and oxygen atoms in total. The SMILES string of the molecule is Cc1cccc(C(=O)N2CCN(C(=O)c3ccc4c(c3)CC(=O)N4)CC2)c1. The van der Waals surface area contributed by atoms with Crippen LogP contribution in [-0.4, -0.2) is 53.7 Å². The third-order valence-corrected chi connectivity index (χ3v) is 5.10. The van der Waals surface area contributed by atoms with E-state index in [1.165, 1.54) is 0 Å². The Morgan fingerprint density at radius 1 is 0.889 bits per heavy atom. The minimum absolute atomic E-state index is 0.00733. The first-order valence-electron chi connectivity index (χ1n) is 9.09. The van der Waals surface area contributed by atoms with Crippen LogP contribution in [0.15, 0.2) is 42.5 Å². The van der Waals surface area contributed by atoms with Crippen LogP contribution in [0.2, 0.25) is 0 Å². The molecule has 27 heavy (non-hydrogen) atoms. The number of carbonyl (C=O) groups excluding carboxylic acids is 3. The van der Waals surface area contributed by atoms with Crippen molar-refractivity contribution >= 4 is 23.4 Å². The number of fused-ring (bicyclic) bond motifs is 1. The third-order valence-electron chi connectivity index (χ3n) is 5.10. The molecule has 6 heteroatoms. The number of amides is 3. The molecule has 4 rings (SSSR count). The van der Waals surface area contributed by atoms with Crippen LogP contribution in [0.4, 0.5) is 5.69 Å². The van der Waals surface area contributed by atoms with E-state index in [4.69, 9.17) is 0 Å².